The monoisotopic (exact) mass is 282 g/mol. The standard InChI is InChI=1S/C12H14N2O2S2/c1-18(15,16)8-7-14-11(9-13-12(14)17)10-5-3-2-4-6-10/h2-6,9H,7-8H2,1H3,(H,13,17). The molecule has 0 saturated carbocycles. The summed E-state index contributed by atoms with van der Waals surface area (Å²) < 4.78 is 24.8. The van der Waals surface area contributed by atoms with Crippen molar-refractivity contribution in [2.24, 2.45) is 0 Å². The zero-order chi connectivity index (χ0) is 13.2. The van der Waals surface area contributed by atoms with Gasteiger partial charge in [0.05, 0.1) is 11.4 Å². The molecular formula is C12H14N2O2S2. The molecule has 0 fully saturated rings. The molecule has 4 nitrogen and oxygen atoms in total. The van der Waals surface area contributed by atoms with Crippen LogP contribution in [0, 0.1) is 4.77 Å². The second-order valence-corrected chi connectivity index (χ2v) is 6.77. The highest BCUT2D eigenvalue weighted by atomic mass is 32.2. The van der Waals surface area contributed by atoms with Gasteiger partial charge in [-0.15, -0.1) is 0 Å². The van der Waals surface area contributed by atoms with E-state index in [9.17, 15) is 8.42 Å². The summed E-state index contributed by atoms with van der Waals surface area (Å²) in [4.78, 5) is 2.95. The largest absolute Gasteiger partial charge is 0.337 e. The van der Waals surface area contributed by atoms with E-state index in [-0.39, 0.29) is 5.75 Å². The van der Waals surface area contributed by atoms with E-state index < -0.39 is 9.84 Å². The number of benzene rings is 1. The first kappa shape index (κ1) is 13.0. The summed E-state index contributed by atoms with van der Waals surface area (Å²) in [6.45, 7) is 0.366. The minimum absolute atomic E-state index is 0.0823. The van der Waals surface area contributed by atoms with Gasteiger partial charge < -0.3 is 9.55 Å². The highest BCUT2D eigenvalue weighted by Crippen LogP contribution is 2.19. The van der Waals surface area contributed by atoms with Crippen molar-refractivity contribution in [3.63, 3.8) is 0 Å². The molecule has 0 radical (unpaired) electrons. The van der Waals surface area contributed by atoms with E-state index in [1.165, 1.54) is 6.26 Å². The quantitative estimate of drug-likeness (QED) is 0.875. The Morgan fingerprint density at radius 1 is 1.28 bits per heavy atom. The van der Waals surface area contributed by atoms with Crippen molar-refractivity contribution in [2.45, 2.75) is 6.54 Å². The van der Waals surface area contributed by atoms with E-state index in [2.05, 4.69) is 4.98 Å². The Balaban J connectivity index is 2.37. The smallest absolute Gasteiger partial charge is 0.177 e. The highest BCUT2D eigenvalue weighted by molar-refractivity contribution is 7.90. The number of rotatable bonds is 4. The van der Waals surface area contributed by atoms with Crippen LogP contribution in [0.25, 0.3) is 11.3 Å². The number of hydrogen-bond acceptors (Lipinski definition) is 3. The number of aromatic amines is 1. The van der Waals surface area contributed by atoms with Gasteiger partial charge in [0.15, 0.2) is 4.77 Å². The van der Waals surface area contributed by atoms with Gasteiger partial charge in [-0.1, -0.05) is 30.3 Å². The number of H-pyrrole nitrogens is 1. The maximum absolute atomic E-state index is 11.2. The van der Waals surface area contributed by atoms with Crippen molar-refractivity contribution >= 4 is 22.1 Å². The van der Waals surface area contributed by atoms with Crippen LogP contribution in [0.4, 0.5) is 0 Å². The van der Waals surface area contributed by atoms with E-state index in [0.717, 1.165) is 11.3 Å². The molecule has 0 atom stereocenters. The molecular weight excluding hydrogens is 268 g/mol. The summed E-state index contributed by atoms with van der Waals surface area (Å²) in [6.07, 6.45) is 3.03. The highest BCUT2D eigenvalue weighted by Gasteiger charge is 2.09. The molecule has 18 heavy (non-hydrogen) atoms. The Kier molecular flexibility index (Phi) is 3.68. The van der Waals surface area contributed by atoms with Gasteiger partial charge in [-0.3, -0.25) is 0 Å². The summed E-state index contributed by atoms with van der Waals surface area (Å²) >= 11 is 5.17. The third kappa shape index (κ3) is 3.08. The van der Waals surface area contributed by atoms with E-state index >= 15 is 0 Å². The van der Waals surface area contributed by atoms with Crippen LogP contribution in [-0.2, 0) is 16.4 Å². The summed E-state index contributed by atoms with van der Waals surface area (Å²) in [5.41, 5.74) is 1.92. The third-order valence-electron chi connectivity index (χ3n) is 2.62. The average Bonchev–Trinajstić information content (AvgIpc) is 2.68. The number of aromatic nitrogens is 2. The van der Waals surface area contributed by atoms with Gasteiger partial charge in [-0.2, -0.15) is 0 Å². The number of nitrogens with zero attached hydrogens (tertiary/aromatic N) is 1. The molecule has 0 spiro atoms. The van der Waals surface area contributed by atoms with E-state index in [4.69, 9.17) is 12.2 Å². The van der Waals surface area contributed by atoms with Gasteiger partial charge in [0, 0.05) is 19.0 Å². The van der Waals surface area contributed by atoms with Crippen LogP contribution >= 0.6 is 12.2 Å². The molecule has 1 N–H and O–H groups in total. The molecule has 2 rings (SSSR count). The van der Waals surface area contributed by atoms with Crippen LogP contribution in [0.15, 0.2) is 36.5 Å². The zero-order valence-electron chi connectivity index (χ0n) is 9.96. The molecule has 6 heteroatoms. The lowest BCUT2D eigenvalue weighted by Gasteiger charge is -2.07. The number of sulfone groups is 1. The lowest BCUT2D eigenvalue weighted by molar-refractivity contribution is 0.594. The minimum atomic E-state index is -3.00. The maximum atomic E-state index is 11.2. The predicted octanol–water partition coefficient (Wildman–Crippen LogP) is 2.26. The van der Waals surface area contributed by atoms with Gasteiger partial charge in [-0.05, 0) is 17.8 Å². The maximum Gasteiger partial charge on any atom is 0.177 e. The van der Waals surface area contributed by atoms with Gasteiger partial charge in [0.2, 0.25) is 0 Å². The molecule has 1 aromatic carbocycles. The Bertz CT molecular complexity index is 684. The predicted molar refractivity (Wildman–Crippen MR) is 74.8 cm³/mol. The fourth-order valence-electron chi connectivity index (χ4n) is 1.72. The van der Waals surface area contributed by atoms with Crippen LogP contribution in [0.5, 0.6) is 0 Å². The average molecular weight is 282 g/mol. The number of imidazole rings is 1. The Labute approximate surface area is 111 Å². The van der Waals surface area contributed by atoms with Gasteiger partial charge in [0.25, 0.3) is 0 Å². The van der Waals surface area contributed by atoms with Crippen LogP contribution in [0.3, 0.4) is 0 Å². The van der Waals surface area contributed by atoms with Crippen molar-refractivity contribution < 1.29 is 8.42 Å². The summed E-state index contributed by atoms with van der Waals surface area (Å²) in [5, 5.41) is 0. The first-order chi connectivity index (χ1) is 8.47. The molecule has 0 unspecified atom stereocenters. The molecule has 0 aliphatic heterocycles. The van der Waals surface area contributed by atoms with Crippen LogP contribution in [0.2, 0.25) is 0 Å². The fourth-order valence-corrected chi connectivity index (χ4v) is 2.49. The summed E-state index contributed by atoms with van der Waals surface area (Å²) in [5.74, 6) is 0.0823. The topological polar surface area (TPSA) is 54.9 Å². The lowest BCUT2D eigenvalue weighted by atomic mass is 10.2. The van der Waals surface area contributed by atoms with Crippen molar-refractivity contribution in [3.8, 4) is 11.3 Å². The van der Waals surface area contributed by atoms with E-state index in [1.54, 1.807) is 6.20 Å². The van der Waals surface area contributed by atoms with Crippen LogP contribution in [0.1, 0.15) is 0 Å². The van der Waals surface area contributed by atoms with Crippen LogP contribution in [-0.4, -0.2) is 30.0 Å². The second-order valence-electron chi connectivity index (χ2n) is 4.13. The molecule has 0 aliphatic rings. The van der Waals surface area contributed by atoms with Crippen molar-refractivity contribution in [1.82, 2.24) is 9.55 Å². The summed E-state index contributed by atoms with van der Waals surface area (Å²) in [7, 11) is -3.00. The molecule has 0 saturated heterocycles. The van der Waals surface area contributed by atoms with Gasteiger partial charge in [-0.25, -0.2) is 8.42 Å². The molecule has 0 aliphatic carbocycles. The third-order valence-corrected chi connectivity index (χ3v) is 3.89. The Morgan fingerprint density at radius 3 is 2.56 bits per heavy atom. The minimum Gasteiger partial charge on any atom is -0.337 e. The van der Waals surface area contributed by atoms with Crippen molar-refractivity contribution in [2.75, 3.05) is 12.0 Å². The molecule has 1 heterocycles. The molecule has 0 bridgehead atoms. The molecule has 96 valence electrons. The molecule has 0 amide bonds. The van der Waals surface area contributed by atoms with Crippen molar-refractivity contribution in [3.05, 3.63) is 41.3 Å². The second kappa shape index (κ2) is 5.07. The Hall–Kier alpha value is -1.40. The van der Waals surface area contributed by atoms with Crippen molar-refractivity contribution in [1.29, 1.82) is 0 Å². The normalized spacial score (nSPS) is 11.6. The van der Waals surface area contributed by atoms with Crippen LogP contribution < -0.4 is 0 Å². The lowest BCUT2D eigenvalue weighted by Crippen LogP contribution is -2.12. The first-order valence-corrected chi connectivity index (χ1v) is 7.95. The number of hydrogen-bond donors (Lipinski definition) is 1. The zero-order valence-corrected chi connectivity index (χ0v) is 11.6. The Morgan fingerprint density at radius 2 is 1.94 bits per heavy atom. The SMILES string of the molecule is CS(=O)(=O)CCn1c(-c2ccccc2)c[nH]c1=S. The van der Waals surface area contributed by atoms with Gasteiger partial charge in [0.1, 0.15) is 9.84 Å². The fraction of sp³-hybridized carbons (Fsp3) is 0.250. The number of nitrogens with one attached hydrogen (secondary N) is 1. The molecule has 1 aromatic heterocycles. The van der Waals surface area contributed by atoms with E-state index in [0.29, 0.717) is 11.3 Å². The molecule has 2 aromatic rings. The summed E-state index contributed by atoms with van der Waals surface area (Å²) in [6, 6.07) is 9.74. The van der Waals surface area contributed by atoms with E-state index in [1.807, 2.05) is 34.9 Å². The first-order valence-electron chi connectivity index (χ1n) is 5.49. The van der Waals surface area contributed by atoms with Gasteiger partial charge >= 0.3 is 0 Å².